The van der Waals surface area contributed by atoms with Gasteiger partial charge in [0.15, 0.2) is 11.2 Å². The van der Waals surface area contributed by atoms with Gasteiger partial charge in [-0.2, -0.15) is 0 Å². The number of ketones is 1. The zero-order valence-electron chi connectivity index (χ0n) is 8.14. The molecule has 0 aromatic heterocycles. The molecule has 0 spiro atoms. The standard InChI is InChI=1S/C10H10BrNO2S/c1-12-7-4-2-3-5-9(7)15(14)10(12)8(13)6-11/h2-5,10H,6H2,1H3. The number of benzene rings is 1. The quantitative estimate of drug-likeness (QED) is 0.775. The van der Waals surface area contributed by atoms with E-state index in [0.29, 0.717) is 0 Å². The van der Waals surface area contributed by atoms with Gasteiger partial charge in [-0.15, -0.1) is 0 Å². The first-order valence-electron chi connectivity index (χ1n) is 4.48. The van der Waals surface area contributed by atoms with E-state index in [2.05, 4.69) is 15.9 Å². The Bertz CT molecular complexity index is 435. The highest BCUT2D eigenvalue weighted by Gasteiger charge is 2.37. The van der Waals surface area contributed by atoms with Gasteiger partial charge in [-0.3, -0.25) is 9.00 Å². The molecular weight excluding hydrogens is 278 g/mol. The van der Waals surface area contributed by atoms with Gasteiger partial charge in [-0.05, 0) is 12.1 Å². The number of carbonyl (C=O) groups is 1. The second kappa shape index (κ2) is 4.06. The number of hydrogen-bond acceptors (Lipinski definition) is 3. The second-order valence-corrected chi connectivity index (χ2v) is 5.37. The van der Waals surface area contributed by atoms with Crippen molar-refractivity contribution in [1.29, 1.82) is 0 Å². The summed E-state index contributed by atoms with van der Waals surface area (Å²) in [6, 6.07) is 7.41. The average molecular weight is 288 g/mol. The van der Waals surface area contributed by atoms with E-state index in [4.69, 9.17) is 0 Å². The molecule has 2 rings (SSSR count). The molecule has 1 heterocycles. The van der Waals surface area contributed by atoms with Crippen LogP contribution in [0.2, 0.25) is 0 Å². The summed E-state index contributed by atoms with van der Waals surface area (Å²) >= 11 is 3.11. The molecule has 1 aromatic carbocycles. The van der Waals surface area contributed by atoms with Crippen molar-refractivity contribution in [2.75, 3.05) is 17.3 Å². The maximum Gasteiger partial charge on any atom is 0.179 e. The summed E-state index contributed by atoms with van der Waals surface area (Å²) in [5.41, 5.74) is 0.884. The maximum atomic E-state index is 12.0. The van der Waals surface area contributed by atoms with Crippen LogP contribution in [0.25, 0.3) is 0 Å². The van der Waals surface area contributed by atoms with E-state index >= 15 is 0 Å². The molecule has 80 valence electrons. The Kier molecular flexibility index (Phi) is 2.93. The third-order valence-corrected chi connectivity index (χ3v) is 4.74. The molecule has 0 amide bonds. The summed E-state index contributed by atoms with van der Waals surface area (Å²) in [7, 11) is 0.551. The number of halogens is 1. The lowest BCUT2D eigenvalue weighted by Gasteiger charge is -2.18. The number of likely N-dealkylation sites (N-methyl/N-ethyl adjacent to an activating group) is 1. The van der Waals surface area contributed by atoms with Crippen LogP contribution in [0.15, 0.2) is 29.2 Å². The number of fused-ring (bicyclic) bond motifs is 1. The highest BCUT2D eigenvalue weighted by atomic mass is 79.9. The smallest absolute Gasteiger partial charge is 0.179 e. The van der Waals surface area contributed by atoms with Crippen LogP contribution < -0.4 is 4.90 Å². The molecule has 15 heavy (non-hydrogen) atoms. The van der Waals surface area contributed by atoms with Crippen LogP contribution in [0.1, 0.15) is 0 Å². The fourth-order valence-electron chi connectivity index (χ4n) is 1.71. The molecule has 1 aliphatic rings. The fourth-order valence-corrected chi connectivity index (χ4v) is 3.83. The van der Waals surface area contributed by atoms with Gasteiger partial charge in [0.2, 0.25) is 0 Å². The van der Waals surface area contributed by atoms with Gasteiger partial charge in [0.25, 0.3) is 0 Å². The van der Waals surface area contributed by atoms with Crippen molar-refractivity contribution in [3.8, 4) is 0 Å². The van der Waals surface area contributed by atoms with E-state index in [1.165, 1.54) is 0 Å². The number of Topliss-reactive ketones (excluding diaryl/α,β-unsaturated/α-hetero) is 1. The molecular formula is C10H10BrNO2S. The molecule has 1 aromatic rings. The number of hydrogen-bond donors (Lipinski definition) is 0. The molecule has 0 N–H and O–H groups in total. The Morgan fingerprint density at radius 1 is 1.53 bits per heavy atom. The van der Waals surface area contributed by atoms with Crippen LogP contribution in [0, 0.1) is 0 Å². The largest absolute Gasteiger partial charge is 0.353 e. The molecule has 0 saturated carbocycles. The minimum atomic E-state index is -1.25. The molecule has 5 heteroatoms. The number of para-hydroxylation sites is 1. The van der Waals surface area contributed by atoms with E-state index in [1.54, 1.807) is 11.9 Å². The summed E-state index contributed by atoms with van der Waals surface area (Å²) < 4.78 is 12.0. The molecule has 0 fully saturated rings. The van der Waals surface area contributed by atoms with Crippen molar-refractivity contribution in [2.24, 2.45) is 0 Å². The normalized spacial score (nSPS) is 24.0. The maximum absolute atomic E-state index is 12.0. The van der Waals surface area contributed by atoms with Gasteiger partial charge in [0.05, 0.1) is 26.7 Å². The third kappa shape index (κ3) is 1.63. The van der Waals surface area contributed by atoms with Crippen LogP contribution in [0.3, 0.4) is 0 Å². The van der Waals surface area contributed by atoms with Crippen LogP contribution in [-0.2, 0) is 15.6 Å². The van der Waals surface area contributed by atoms with Crippen LogP contribution in [-0.4, -0.2) is 27.7 Å². The van der Waals surface area contributed by atoms with Gasteiger partial charge >= 0.3 is 0 Å². The summed E-state index contributed by atoms with van der Waals surface area (Å²) in [6.07, 6.45) is 0. The first kappa shape index (κ1) is 10.8. The first-order chi connectivity index (χ1) is 7.16. The Morgan fingerprint density at radius 3 is 2.80 bits per heavy atom. The minimum Gasteiger partial charge on any atom is -0.353 e. The van der Waals surface area contributed by atoms with Crippen LogP contribution >= 0.6 is 15.9 Å². The van der Waals surface area contributed by atoms with Crippen molar-refractivity contribution in [1.82, 2.24) is 0 Å². The molecule has 0 bridgehead atoms. The predicted molar refractivity (Wildman–Crippen MR) is 63.8 cm³/mol. The average Bonchev–Trinajstić information content (AvgIpc) is 2.52. The van der Waals surface area contributed by atoms with Gasteiger partial charge in [-0.1, -0.05) is 28.1 Å². The molecule has 2 unspecified atom stereocenters. The summed E-state index contributed by atoms with van der Waals surface area (Å²) in [5.74, 6) is -0.0490. The zero-order chi connectivity index (χ0) is 11.0. The third-order valence-electron chi connectivity index (χ3n) is 2.42. The molecule has 3 nitrogen and oxygen atoms in total. The fraction of sp³-hybridized carbons (Fsp3) is 0.300. The Balaban J connectivity index is 2.45. The topological polar surface area (TPSA) is 37.4 Å². The van der Waals surface area contributed by atoms with E-state index in [9.17, 15) is 9.00 Å². The zero-order valence-corrected chi connectivity index (χ0v) is 10.5. The van der Waals surface area contributed by atoms with Crippen molar-refractivity contribution in [3.63, 3.8) is 0 Å². The molecule has 1 aliphatic heterocycles. The highest BCUT2D eigenvalue weighted by molar-refractivity contribution is 9.09. The number of carbonyl (C=O) groups excluding carboxylic acids is 1. The molecule has 0 aliphatic carbocycles. The van der Waals surface area contributed by atoms with Gasteiger partial charge in [-0.25, -0.2) is 0 Å². The second-order valence-electron chi connectivity index (χ2n) is 3.33. The van der Waals surface area contributed by atoms with Gasteiger partial charge in [0.1, 0.15) is 0 Å². The van der Waals surface area contributed by atoms with Crippen molar-refractivity contribution < 1.29 is 9.00 Å². The van der Waals surface area contributed by atoms with E-state index in [0.717, 1.165) is 10.6 Å². The number of rotatable bonds is 2. The summed E-state index contributed by atoms with van der Waals surface area (Å²) in [6.45, 7) is 0. The lowest BCUT2D eigenvalue weighted by Crippen LogP contribution is -2.37. The first-order valence-corrected chi connectivity index (χ1v) is 6.81. The Hall–Kier alpha value is -0.680. The van der Waals surface area contributed by atoms with Crippen molar-refractivity contribution in [2.45, 2.75) is 10.3 Å². The van der Waals surface area contributed by atoms with Crippen LogP contribution in [0.5, 0.6) is 0 Å². The lowest BCUT2D eigenvalue weighted by atomic mass is 10.3. The van der Waals surface area contributed by atoms with Crippen molar-refractivity contribution in [3.05, 3.63) is 24.3 Å². The van der Waals surface area contributed by atoms with Crippen LogP contribution in [0.4, 0.5) is 5.69 Å². The molecule has 0 saturated heterocycles. The predicted octanol–water partition coefficient (Wildman–Crippen LogP) is 1.53. The minimum absolute atomic E-state index is 0.0490. The SMILES string of the molecule is CN1c2ccccc2S(=O)C1C(=O)CBr. The Labute approximate surface area is 99.0 Å². The Morgan fingerprint density at radius 2 is 2.20 bits per heavy atom. The van der Waals surface area contributed by atoms with E-state index < -0.39 is 16.2 Å². The highest BCUT2D eigenvalue weighted by Crippen LogP contribution is 2.34. The monoisotopic (exact) mass is 287 g/mol. The number of nitrogens with zero attached hydrogens (tertiary/aromatic N) is 1. The summed E-state index contributed by atoms with van der Waals surface area (Å²) in [4.78, 5) is 14.2. The number of anilines is 1. The van der Waals surface area contributed by atoms with Crippen molar-refractivity contribution >= 4 is 38.2 Å². The van der Waals surface area contributed by atoms with Gasteiger partial charge < -0.3 is 4.90 Å². The van der Waals surface area contributed by atoms with E-state index in [-0.39, 0.29) is 11.1 Å². The molecule has 0 radical (unpaired) electrons. The van der Waals surface area contributed by atoms with Gasteiger partial charge in [0, 0.05) is 7.05 Å². The number of alkyl halides is 1. The summed E-state index contributed by atoms with van der Waals surface area (Å²) in [5, 5.41) is -0.302. The molecule has 2 atom stereocenters. The lowest BCUT2D eigenvalue weighted by molar-refractivity contribution is -0.116. The van der Waals surface area contributed by atoms with E-state index in [1.807, 2.05) is 24.3 Å².